The van der Waals surface area contributed by atoms with Crippen LogP contribution < -0.4 is 0 Å². The summed E-state index contributed by atoms with van der Waals surface area (Å²) in [5.41, 5.74) is 1.96. The van der Waals surface area contributed by atoms with Gasteiger partial charge in [-0.25, -0.2) is 0 Å². The minimum Gasteiger partial charge on any atom is -0.394 e. The summed E-state index contributed by atoms with van der Waals surface area (Å²) in [6.45, 7) is 10.4. The first-order valence-corrected chi connectivity index (χ1v) is 20.0. The standard InChI is InChI=1S/C39H63NO11/c1-18-5-8-25-19(2)29-26(40(25)15-18)14-24-22-7-6-20-13-21(9-11-38(20,3)23(22)10-12-39(24,29)4)49-37-35(47)33(45)31(43)28(51-37)17-48-36-34(46)32(44)30(42)27(16-41)50-36/h6,18-19,21-37,41-47H,5,7-17H2,1-4H3/t18-,19+,21-,22-,23+,24+,25+,26-,27-,28-,29-,30-,31-,32+,33+,34-,35-,36-,37-,38-,39-/m0/s1. The Bertz CT molecular complexity index is 1300. The molecule has 0 aromatic heterocycles. The Morgan fingerprint density at radius 3 is 2.25 bits per heavy atom. The van der Waals surface area contributed by atoms with Gasteiger partial charge in [0.25, 0.3) is 0 Å². The van der Waals surface area contributed by atoms with Gasteiger partial charge >= 0.3 is 0 Å². The molecule has 0 unspecified atom stereocenters. The molecular weight excluding hydrogens is 658 g/mol. The molecule has 7 fully saturated rings. The molecule has 8 aliphatic rings. The van der Waals surface area contributed by atoms with Crippen LogP contribution in [0.15, 0.2) is 11.6 Å². The van der Waals surface area contributed by atoms with Gasteiger partial charge < -0.3 is 54.7 Å². The minimum atomic E-state index is -1.62. The second kappa shape index (κ2) is 13.8. The number of hydrogen-bond acceptors (Lipinski definition) is 12. The number of hydrogen-bond donors (Lipinski definition) is 7. The summed E-state index contributed by atoms with van der Waals surface area (Å²) in [7, 11) is 0. The maximum atomic E-state index is 10.9. The first kappa shape index (κ1) is 37.2. The van der Waals surface area contributed by atoms with Crippen LogP contribution in [0, 0.1) is 46.3 Å². The van der Waals surface area contributed by atoms with Gasteiger partial charge in [-0.3, -0.25) is 4.90 Å². The normalized spacial score (nSPS) is 57.1. The first-order valence-electron chi connectivity index (χ1n) is 20.0. The Hall–Kier alpha value is -0.740. The fourth-order valence-corrected chi connectivity index (χ4v) is 13.2. The average molecular weight is 722 g/mol. The molecule has 0 radical (unpaired) electrons. The smallest absolute Gasteiger partial charge is 0.186 e. The predicted molar refractivity (Wildman–Crippen MR) is 184 cm³/mol. The van der Waals surface area contributed by atoms with Crippen LogP contribution in [-0.2, 0) is 18.9 Å². The molecule has 3 saturated carbocycles. The number of ether oxygens (including phenoxy) is 4. The zero-order chi connectivity index (χ0) is 36.1. The molecular formula is C39H63NO11. The van der Waals surface area contributed by atoms with Gasteiger partial charge in [-0.1, -0.05) is 39.3 Å². The molecule has 0 aromatic rings. The zero-order valence-corrected chi connectivity index (χ0v) is 30.7. The number of nitrogens with zero attached hydrogens (tertiary/aromatic N) is 1. The predicted octanol–water partition coefficient (Wildman–Crippen LogP) is 1.30. The van der Waals surface area contributed by atoms with Gasteiger partial charge in [0.15, 0.2) is 12.6 Å². The van der Waals surface area contributed by atoms with Crippen molar-refractivity contribution in [1.29, 1.82) is 0 Å². The van der Waals surface area contributed by atoms with Gasteiger partial charge in [0.1, 0.15) is 48.8 Å². The quantitative estimate of drug-likeness (QED) is 0.196. The number of rotatable bonds is 6. The van der Waals surface area contributed by atoms with Crippen LogP contribution in [0.3, 0.4) is 0 Å². The van der Waals surface area contributed by atoms with Crippen molar-refractivity contribution in [3.63, 3.8) is 0 Å². The molecule has 0 bridgehead atoms. The minimum absolute atomic E-state index is 0.110. The molecule has 8 rings (SSSR count). The highest BCUT2D eigenvalue weighted by atomic mass is 16.7. The van der Waals surface area contributed by atoms with E-state index in [2.05, 4.69) is 38.7 Å². The zero-order valence-electron chi connectivity index (χ0n) is 30.7. The van der Waals surface area contributed by atoms with Crippen LogP contribution in [-0.4, -0.2) is 140 Å². The molecule has 0 amide bonds. The number of aliphatic hydroxyl groups is 7. The van der Waals surface area contributed by atoms with E-state index in [-0.39, 0.29) is 18.1 Å². The number of piperidine rings is 1. The maximum Gasteiger partial charge on any atom is 0.186 e. The van der Waals surface area contributed by atoms with E-state index >= 15 is 0 Å². The topological polar surface area (TPSA) is 182 Å². The fourth-order valence-electron chi connectivity index (χ4n) is 13.2. The maximum absolute atomic E-state index is 10.9. The van der Waals surface area contributed by atoms with Crippen molar-refractivity contribution >= 4 is 0 Å². The first-order chi connectivity index (χ1) is 24.3. The van der Waals surface area contributed by atoms with Crippen molar-refractivity contribution in [3.05, 3.63) is 11.6 Å². The lowest BCUT2D eigenvalue weighted by Crippen LogP contribution is -2.62. The van der Waals surface area contributed by atoms with Crippen molar-refractivity contribution < 1.29 is 54.7 Å². The van der Waals surface area contributed by atoms with Crippen molar-refractivity contribution in [2.45, 2.75) is 165 Å². The number of fused-ring (bicyclic) bond motifs is 9. The molecule has 12 nitrogen and oxygen atoms in total. The summed E-state index contributed by atoms with van der Waals surface area (Å²) in [4.78, 5) is 2.96. The fraction of sp³-hybridized carbons (Fsp3) is 0.949. The Morgan fingerprint density at radius 2 is 1.51 bits per heavy atom. The van der Waals surface area contributed by atoms with E-state index in [1.165, 1.54) is 44.2 Å². The Morgan fingerprint density at radius 1 is 0.804 bits per heavy atom. The summed E-state index contributed by atoms with van der Waals surface area (Å²) in [5.74, 6) is 4.51. The third kappa shape index (κ3) is 5.93. The summed E-state index contributed by atoms with van der Waals surface area (Å²) in [6.07, 6.45) is -1.65. The molecule has 0 spiro atoms. The molecule has 4 saturated heterocycles. The summed E-state index contributed by atoms with van der Waals surface area (Å²) < 4.78 is 23.4. The molecule has 4 aliphatic carbocycles. The van der Waals surface area contributed by atoms with E-state index in [1.54, 1.807) is 0 Å². The van der Waals surface area contributed by atoms with Crippen molar-refractivity contribution in [2.75, 3.05) is 19.8 Å². The number of aliphatic hydroxyl groups excluding tert-OH is 7. The molecule has 0 aromatic carbocycles. The van der Waals surface area contributed by atoms with Gasteiger partial charge in [0, 0.05) is 18.6 Å². The van der Waals surface area contributed by atoms with Crippen molar-refractivity contribution in [1.82, 2.24) is 4.90 Å². The SMILES string of the molecule is C[C@H]1CC[C@@H]2[C@@H](C)[C@H]3[C@H](C[C@@H]4[C@H]5CC=C6C[C@@H](O[C@H]7O[C@@H](CO[C@H]8O[C@@H](CO)[C@H](O)[C@@H](O)[C@@H]8O)[C@H](O)[C@@H](O)[C@@H]7O)CC[C@]6(C)[C@@H]5CC[C@]34C)N2C1. The Balaban J connectivity index is 0.917. The Labute approximate surface area is 302 Å². The van der Waals surface area contributed by atoms with E-state index < -0.39 is 68.0 Å². The van der Waals surface area contributed by atoms with Gasteiger partial charge in [0.05, 0.1) is 19.3 Å². The monoisotopic (exact) mass is 721 g/mol. The van der Waals surface area contributed by atoms with Crippen molar-refractivity contribution in [3.8, 4) is 0 Å². The Kier molecular flexibility index (Phi) is 10.0. The molecule has 4 aliphatic heterocycles. The average Bonchev–Trinajstić information content (AvgIpc) is 3.58. The van der Waals surface area contributed by atoms with E-state index in [0.717, 1.165) is 61.4 Å². The molecule has 12 heteroatoms. The third-order valence-electron chi connectivity index (χ3n) is 15.9. The van der Waals surface area contributed by atoms with Gasteiger partial charge in [-0.05, 0) is 104 Å². The lowest BCUT2D eigenvalue weighted by atomic mass is 9.47. The molecule has 4 heterocycles. The van der Waals surface area contributed by atoms with E-state index in [4.69, 9.17) is 18.9 Å². The van der Waals surface area contributed by atoms with Crippen LogP contribution in [0.25, 0.3) is 0 Å². The van der Waals surface area contributed by atoms with E-state index in [9.17, 15) is 35.7 Å². The number of allylic oxidation sites excluding steroid dienone is 1. The second-order valence-corrected chi connectivity index (χ2v) is 18.5. The lowest BCUT2D eigenvalue weighted by molar-refractivity contribution is -0.336. The van der Waals surface area contributed by atoms with Crippen LogP contribution in [0.5, 0.6) is 0 Å². The summed E-state index contributed by atoms with van der Waals surface area (Å²) in [5, 5.41) is 72.4. The second-order valence-electron chi connectivity index (χ2n) is 18.5. The molecule has 21 atom stereocenters. The largest absolute Gasteiger partial charge is 0.394 e. The van der Waals surface area contributed by atoms with Gasteiger partial charge in [-0.15, -0.1) is 0 Å². The van der Waals surface area contributed by atoms with Crippen LogP contribution in [0.4, 0.5) is 0 Å². The lowest BCUT2D eigenvalue weighted by Gasteiger charge is -2.58. The van der Waals surface area contributed by atoms with Gasteiger partial charge in [-0.2, -0.15) is 0 Å². The highest BCUT2D eigenvalue weighted by molar-refractivity contribution is 5.27. The highest BCUT2D eigenvalue weighted by Crippen LogP contribution is 2.70. The van der Waals surface area contributed by atoms with Crippen LogP contribution in [0.2, 0.25) is 0 Å². The molecule has 7 N–H and O–H groups in total. The van der Waals surface area contributed by atoms with Crippen LogP contribution >= 0.6 is 0 Å². The summed E-state index contributed by atoms with van der Waals surface area (Å²) in [6, 6.07) is 1.52. The van der Waals surface area contributed by atoms with Crippen LogP contribution in [0.1, 0.15) is 85.5 Å². The molecule has 51 heavy (non-hydrogen) atoms. The highest BCUT2D eigenvalue weighted by Gasteiger charge is 2.66. The van der Waals surface area contributed by atoms with Crippen molar-refractivity contribution in [2.24, 2.45) is 46.3 Å². The molecule has 290 valence electrons. The van der Waals surface area contributed by atoms with Gasteiger partial charge in [0.2, 0.25) is 0 Å². The summed E-state index contributed by atoms with van der Waals surface area (Å²) >= 11 is 0. The third-order valence-corrected chi connectivity index (χ3v) is 15.9. The van der Waals surface area contributed by atoms with E-state index in [0.29, 0.717) is 17.3 Å². The van der Waals surface area contributed by atoms with E-state index in [1.807, 2.05) is 0 Å².